The number of rotatable bonds is 5. The van der Waals surface area contributed by atoms with Crippen LogP contribution < -0.4 is 14.8 Å². The topological polar surface area (TPSA) is 81.0 Å². The minimum Gasteiger partial charge on any atom is -0.493 e. The van der Waals surface area contributed by atoms with Gasteiger partial charge in [0.2, 0.25) is 5.91 Å². The molecule has 27 heavy (non-hydrogen) atoms. The molecule has 0 unspecified atom stereocenters. The number of nitrogens with zero attached hydrogens (tertiary/aromatic N) is 1. The number of carbonyl (C=O) groups excluding carboxylic acids is 2. The Balaban J connectivity index is 1.61. The predicted molar refractivity (Wildman–Crippen MR) is 100 cm³/mol. The summed E-state index contributed by atoms with van der Waals surface area (Å²) in [6.07, 6.45) is 4.18. The predicted octanol–water partition coefficient (Wildman–Crippen LogP) is 3.10. The Morgan fingerprint density at radius 2 is 1.81 bits per heavy atom. The molecule has 2 amide bonds. The number of benzene rings is 1. The minimum absolute atomic E-state index is 0.0410. The second kappa shape index (κ2) is 8.16. The number of nitrogens with one attached hydrogen (secondary N) is 1. The van der Waals surface area contributed by atoms with E-state index in [1.807, 2.05) is 13.0 Å². The minimum atomic E-state index is -0.133. The molecular formula is C20H24N2O5. The SMILES string of the molecule is COc1cc(C)c(NC(=O)C2CCN(C(=O)c3ccoc3)CC2)cc1OC. The normalized spacial score (nSPS) is 14.7. The molecule has 0 bridgehead atoms. The first kappa shape index (κ1) is 18.8. The first-order chi connectivity index (χ1) is 13.0. The highest BCUT2D eigenvalue weighted by molar-refractivity contribution is 5.95. The maximum absolute atomic E-state index is 12.7. The molecule has 0 spiro atoms. The number of hydrogen-bond donors (Lipinski definition) is 1. The third-order valence-corrected chi connectivity index (χ3v) is 4.91. The average molecular weight is 372 g/mol. The number of aryl methyl sites for hydroxylation is 1. The van der Waals surface area contributed by atoms with Gasteiger partial charge >= 0.3 is 0 Å². The largest absolute Gasteiger partial charge is 0.493 e. The molecule has 0 saturated carbocycles. The van der Waals surface area contributed by atoms with Gasteiger partial charge < -0.3 is 24.1 Å². The summed E-state index contributed by atoms with van der Waals surface area (Å²) in [5.41, 5.74) is 2.14. The van der Waals surface area contributed by atoms with Gasteiger partial charge in [0.1, 0.15) is 6.26 Å². The third-order valence-electron chi connectivity index (χ3n) is 4.91. The summed E-state index contributed by atoms with van der Waals surface area (Å²) in [6.45, 7) is 3.00. The van der Waals surface area contributed by atoms with Crippen LogP contribution in [0.1, 0.15) is 28.8 Å². The lowest BCUT2D eigenvalue weighted by Gasteiger charge is -2.31. The number of hydrogen-bond acceptors (Lipinski definition) is 5. The molecule has 1 aromatic heterocycles. The molecule has 7 nitrogen and oxygen atoms in total. The van der Waals surface area contributed by atoms with Crippen molar-refractivity contribution in [1.82, 2.24) is 4.90 Å². The number of piperidine rings is 1. The second-order valence-corrected chi connectivity index (χ2v) is 6.59. The van der Waals surface area contributed by atoms with E-state index in [0.29, 0.717) is 48.7 Å². The van der Waals surface area contributed by atoms with Gasteiger partial charge in [0.05, 0.1) is 26.0 Å². The number of carbonyl (C=O) groups is 2. The van der Waals surface area contributed by atoms with Gasteiger partial charge in [0.25, 0.3) is 5.91 Å². The van der Waals surface area contributed by atoms with Crippen LogP contribution in [0.2, 0.25) is 0 Å². The van der Waals surface area contributed by atoms with Gasteiger partial charge in [-0.3, -0.25) is 9.59 Å². The van der Waals surface area contributed by atoms with Gasteiger partial charge in [-0.25, -0.2) is 0 Å². The van der Waals surface area contributed by atoms with Crippen molar-refractivity contribution in [2.24, 2.45) is 5.92 Å². The zero-order valence-corrected chi connectivity index (χ0v) is 15.8. The van der Waals surface area contributed by atoms with Gasteiger partial charge in [-0.15, -0.1) is 0 Å². The first-order valence-corrected chi connectivity index (χ1v) is 8.88. The fraction of sp³-hybridized carbons (Fsp3) is 0.400. The highest BCUT2D eigenvalue weighted by atomic mass is 16.5. The molecule has 7 heteroatoms. The molecule has 144 valence electrons. The van der Waals surface area contributed by atoms with Crippen molar-refractivity contribution in [2.75, 3.05) is 32.6 Å². The highest BCUT2D eigenvalue weighted by Gasteiger charge is 2.28. The van der Waals surface area contributed by atoms with Crippen LogP contribution in [0, 0.1) is 12.8 Å². The Kier molecular flexibility index (Phi) is 5.69. The number of amides is 2. The summed E-state index contributed by atoms with van der Waals surface area (Å²) in [5, 5.41) is 2.98. The summed E-state index contributed by atoms with van der Waals surface area (Å²) >= 11 is 0. The Bertz CT molecular complexity index is 808. The summed E-state index contributed by atoms with van der Waals surface area (Å²) in [5.74, 6) is 0.961. The highest BCUT2D eigenvalue weighted by Crippen LogP contribution is 2.33. The van der Waals surface area contributed by atoms with E-state index < -0.39 is 0 Å². The van der Waals surface area contributed by atoms with Gasteiger partial charge in [-0.1, -0.05) is 0 Å². The standard InChI is InChI=1S/C20H24N2O5/c1-13-10-17(25-2)18(26-3)11-16(13)21-19(23)14-4-7-22(8-5-14)20(24)15-6-9-27-12-15/h6,9-12,14H,4-5,7-8H2,1-3H3,(H,21,23). The number of anilines is 1. The first-order valence-electron chi connectivity index (χ1n) is 8.88. The van der Waals surface area contributed by atoms with Crippen molar-refractivity contribution >= 4 is 17.5 Å². The molecule has 2 aromatic rings. The van der Waals surface area contributed by atoms with Crippen LogP contribution in [0.25, 0.3) is 0 Å². The van der Waals surface area contributed by atoms with Crippen LogP contribution in [0.5, 0.6) is 11.5 Å². The molecular weight excluding hydrogens is 348 g/mol. The van der Waals surface area contributed by atoms with E-state index in [2.05, 4.69) is 5.32 Å². The zero-order chi connectivity index (χ0) is 19.4. The number of methoxy groups -OCH3 is 2. The number of likely N-dealkylation sites (tertiary alicyclic amines) is 1. The molecule has 0 atom stereocenters. The fourth-order valence-corrected chi connectivity index (χ4v) is 3.26. The lowest BCUT2D eigenvalue weighted by atomic mass is 9.95. The van der Waals surface area contributed by atoms with E-state index in [1.54, 1.807) is 31.3 Å². The van der Waals surface area contributed by atoms with E-state index >= 15 is 0 Å². The van der Waals surface area contributed by atoms with Crippen molar-refractivity contribution in [2.45, 2.75) is 19.8 Å². The maximum atomic E-state index is 12.7. The molecule has 1 N–H and O–H groups in total. The summed E-state index contributed by atoms with van der Waals surface area (Å²) in [4.78, 5) is 26.8. The van der Waals surface area contributed by atoms with E-state index in [1.165, 1.54) is 12.5 Å². The molecule has 0 radical (unpaired) electrons. The smallest absolute Gasteiger partial charge is 0.257 e. The lowest BCUT2D eigenvalue weighted by molar-refractivity contribution is -0.121. The van der Waals surface area contributed by atoms with E-state index in [9.17, 15) is 9.59 Å². The Labute approximate surface area is 158 Å². The van der Waals surface area contributed by atoms with Crippen LogP contribution in [-0.4, -0.2) is 44.0 Å². The van der Waals surface area contributed by atoms with Crippen molar-refractivity contribution in [1.29, 1.82) is 0 Å². The second-order valence-electron chi connectivity index (χ2n) is 6.59. The molecule has 1 aliphatic heterocycles. The molecule has 3 rings (SSSR count). The summed E-state index contributed by atoms with van der Waals surface area (Å²) < 4.78 is 15.6. The van der Waals surface area contributed by atoms with Crippen LogP contribution >= 0.6 is 0 Å². The third kappa shape index (κ3) is 4.07. The van der Waals surface area contributed by atoms with E-state index in [0.717, 1.165) is 5.56 Å². The van der Waals surface area contributed by atoms with Crippen LogP contribution in [0.15, 0.2) is 35.1 Å². The van der Waals surface area contributed by atoms with Crippen molar-refractivity contribution in [3.05, 3.63) is 41.9 Å². The van der Waals surface area contributed by atoms with Crippen molar-refractivity contribution < 1.29 is 23.5 Å². The Morgan fingerprint density at radius 1 is 1.15 bits per heavy atom. The Hall–Kier alpha value is -2.96. The zero-order valence-electron chi connectivity index (χ0n) is 15.8. The molecule has 1 fully saturated rings. The monoisotopic (exact) mass is 372 g/mol. The van der Waals surface area contributed by atoms with Gasteiger partial charge in [0.15, 0.2) is 11.5 Å². The molecule has 0 aliphatic carbocycles. The fourth-order valence-electron chi connectivity index (χ4n) is 3.26. The number of ether oxygens (including phenoxy) is 2. The van der Waals surface area contributed by atoms with Crippen molar-refractivity contribution in [3.8, 4) is 11.5 Å². The molecule has 1 aromatic carbocycles. The van der Waals surface area contributed by atoms with Crippen LogP contribution in [-0.2, 0) is 4.79 Å². The van der Waals surface area contributed by atoms with E-state index in [4.69, 9.17) is 13.9 Å². The summed E-state index contributed by atoms with van der Waals surface area (Å²) in [6, 6.07) is 5.26. The Morgan fingerprint density at radius 3 is 2.41 bits per heavy atom. The number of furan rings is 1. The maximum Gasteiger partial charge on any atom is 0.257 e. The van der Waals surface area contributed by atoms with Crippen LogP contribution in [0.4, 0.5) is 5.69 Å². The lowest BCUT2D eigenvalue weighted by Crippen LogP contribution is -2.41. The summed E-state index contributed by atoms with van der Waals surface area (Å²) in [7, 11) is 3.14. The van der Waals surface area contributed by atoms with Gasteiger partial charge in [0, 0.05) is 30.8 Å². The average Bonchev–Trinajstić information content (AvgIpc) is 3.23. The van der Waals surface area contributed by atoms with Crippen molar-refractivity contribution in [3.63, 3.8) is 0 Å². The molecule has 1 saturated heterocycles. The van der Waals surface area contributed by atoms with Gasteiger partial charge in [-0.05, 0) is 37.5 Å². The van der Waals surface area contributed by atoms with Gasteiger partial charge in [-0.2, -0.15) is 0 Å². The van der Waals surface area contributed by atoms with Crippen LogP contribution in [0.3, 0.4) is 0 Å². The molecule has 2 heterocycles. The quantitative estimate of drug-likeness (QED) is 0.872. The molecule has 1 aliphatic rings. The van der Waals surface area contributed by atoms with E-state index in [-0.39, 0.29) is 17.7 Å².